The number of carbonyl (C=O) groups is 1. The zero-order valence-corrected chi connectivity index (χ0v) is 14.5. The lowest BCUT2D eigenvalue weighted by Crippen LogP contribution is -2.38. The van der Waals surface area contributed by atoms with Crippen molar-refractivity contribution in [2.75, 3.05) is 13.2 Å². The van der Waals surface area contributed by atoms with Crippen LogP contribution >= 0.6 is 0 Å². The quantitative estimate of drug-likeness (QED) is 0.579. The van der Waals surface area contributed by atoms with Crippen molar-refractivity contribution in [1.29, 1.82) is 0 Å². The van der Waals surface area contributed by atoms with Crippen molar-refractivity contribution in [3.8, 4) is 0 Å². The third-order valence-electron chi connectivity index (χ3n) is 3.76. The number of aliphatic hydroxyl groups is 1. The number of hydrogen-bond acceptors (Lipinski definition) is 5. The van der Waals surface area contributed by atoms with E-state index in [-0.39, 0.29) is 37.1 Å². The maximum absolute atomic E-state index is 13.1. The van der Waals surface area contributed by atoms with Gasteiger partial charge in [-0.3, -0.25) is 19.1 Å². The van der Waals surface area contributed by atoms with Crippen LogP contribution in [0.4, 0.5) is 0 Å². The summed E-state index contributed by atoms with van der Waals surface area (Å²) in [6, 6.07) is 6.95. The highest BCUT2D eigenvalue weighted by Crippen LogP contribution is 2.18. The van der Waals surface area contributed by atoms with Crippen molar-refractivity contribution in [2.45, 2.75) is 33.4 Å². The van der Waals surface area contributed by atoms with Gasteiger partial charge in [-0.25, -0.2) is 4.79 Å². The summed E-state index contributed by atoms with van der Waals surface area (Å²) >= 11 is 0. The third kappa shape index (κ3) is 4.12. The van der Waals surface area contributed by atoms with E-state index in [4.69, 9.17) is 9.84 Å². The molecule has 0 bridgehead atoms. The van der Waals surface area contributed by atoms with Crippen LogP contribution in [0.1, 0.15) is 46.9 Å². The normalized spacial score (nSPS) is 11.1. The Kier molecular flexibility index (Phi) is 6.06. The fraction of sp³-hybridized carbons (Fsp3) is 0.389. The highest BCUT2D eigenvalue weighted by molar-refractivity contribution is 6.08. The van der Waals surface area contributed by atoms with Crippen LogP contribution in [0.5, 0.6) is 0 Å². The average molecular weight is 346 g/mol. The summed E-state index contributed by atoms with van der Waals surface area (Å²) in [7, 11) is 0. The molecule has 2 aromatic rings. The van der Waals surface area contributed by atoms with Crippen LogP contribution in [0.2, 0.25) is 0 Å². The van der Waals surface area contributed by atoms with E-state index in [1.807, 2.05) is 13.0 Å². The van der Waals surface area contributed by atoms with Gasteiger partial charge in [0.1, 0.15) is 12.4 Å². The fourth-order valence-corrected chi connectivity index (χ4v) is 2.63. The fourth-order valence-electron chi connectivity index (χ4n) is 2.63. The zero-order valence-electron chi connectivity index (χ0n) is 14.5. The molecule has 7 nitrogen and oxygen atoms in total. The largest absolute Gasteiger partial charge is 0.394 e. The smallest absolute Gasteiger partial charge is 0.330 e. The molecule has 0 spiro atoms. The number of ether oxygens (including phenoxy) is 1. The summed E-state index contributed by atoms with van der Waals surface area (Å²) in [6.45, 7) is 4.98. The highest BCUT2D eigenvalue weighted by atomic mass is 16.5. The molecule has 1 aromatic carbocycles. The number of aliphatic hydroxyl groups excluding tert-OH is 1. The third-order valence-corrected chi connectivity index (χ3v) is 3.76. The van der Waals surface area contributed by atoms with Crippen LogP contribution in [0.25, 0.3) is 0 Å². The number of rotatable bonds is 7. The Morgan fingerprint density at radius 3 is 2.64 bits per heavy atom. The van der Waals surface area contributed by atoms with Crippen molar-refractivity contribution in [3.05, 3.63) is 67.5 Å². The van der Waals surface area contributed by atoms with Gasteiger partial charge in [0.05, 0.1) is 13.2 Å². The second-order valence-corrected chi connectivity index (χ2v) is 6.06. The monoisotopic (exact) mass is 346 g/mol. The average Bonchev–Trinajstić information content (AvgIpc) is 2.55. The van der Waals surface area contributed by atoms with Gasteiger partial charge in [0.2, 0.25) is 5.78 Å². The Bertz CT molecular complexity index is 880. The topological polar surface area (TPSA) is 101 Å². The second-order valence-electron chi connectivity index (χ2n) is 6.06. The van der Waals surface area contributed by atoms with E-state index in [2.05, 4.69) is 4.98 Å². The molecular weight excluding hydrogens is 324 g/mol. The van der Waals surface area contributed by atoms with Gasteiger partial charge in [0, 0.05) is 11.1 Å². The zero-order chi connectivity index (χ0) is 18.6. The lowest BCUT2D eigenvalue weighted by molar-refractivity contribution is 0.0437. The molecule has 0 saturated heterocycles. The van der Waals surface area contributed by atoms with E-state index in [1.165, 1.54) is 0 Å². The standard InChI is InChI=1S/C18H22N2O5/c1-11(2)14-15(16(22)13-6-4-5-12(3)9-13)20(10-25-8-7-21)18(24)19-17(14)23/h4-6,9,11,21H,7-8,10H2,1-3H3,(H,19,23,24). The van der Waals surface area contributed by atoms with Crippen LogP contribution in [-0.2, 0) is 11.5 Å². The van der Waals surface area contributed by atoms with Crippen molar-refractivity contribution >= 4 is 5.78 Å². The predicted molar refractivity (Wildman–Crippen MR) is 93.1 cm³/mol. The first kappa shape index (κ1) is 18.8. The molecule has 1 aromatic heterocycles. The van der Waals surface area contributed by atoms with Crippen LogP contribution in [-0.4, -0.2) is 33.7 Å². The van der Waals surface area contributed by atoms with E-state index in [0.29, 0.717) is 5.56 Å². The second kappa shape index (κ2) is 8.04. The molecule has 7 heteroatoms. The first-order valence-electron chi connectivity index (χ1n) is 8.03. The number of nitrogens with one attached hydrogen (secondary N) is 1. The van der Waals surface area contributed by atoms with Crippen molar-refractivity contribution < 1.29 is 14.6 Å². The molecule has 0 atom stereocenters. The minimum absolute atomic E-state index is 0.0145. The molecule has 0 fully saturated rings. The summed E-state index contributed by atoms with van der Waals surface area (Å²) < 4.78 is 6.32. The molecule has 25 heavy (non-hydrogen) atoms. The molecule has 0 aliphatic heterocycles. The minimum Gasteiger partial charge on any atom is -0.394 e. The maximum Gasteiger partial charge on any atom is 0.330 e. The van der Waals surface area contributed by atoms with Gasteiger partial charge < -0.3 is 9.84 Å². The lowest BCUT2D eigenvalue weighted by atomic mass is 9.96. The number of H-pyrrole nitrogens is 1. The highest BCUT2D eigenvalue weighted by Gasteiger charge is 2.24. The minimum atomic E-state index is -0.719. The number of aromatic nitrogens is 2. The molecule has 0 saturated carbocycles. The molecule has 0 radical (unpaired) electrons. The SMILES string of the molecule is Cc1cccc(C(=O)c2c(C(C)C)c(=O)[nH]c(=O)n2COCCO)c1. The molecule has 2 N–H and O–H groups in total. The number of hydrogen-bond donors (Lipinski definition) is 2. The number of ketones is 1. The summed E-state index contributed by atoms with van der Waals surface area (Å²) in [5.74, 6) is -0.680. The number of nitrogens with zero attached hydrogens (tertiary/aromatic N) is 1. The van der Waals surface area contributed by atoms with Crippen LogP contribution < -0.4 is 11.2 Å². The summed E-state index contributed by atoms with van der Waals surface area (Å²) in [6.07, 6.45) is 0. The van der Waals surface area contributed by atoms with Crippen molar-refractivity contribution in [2.24, 2.45) is 0 Å². The molecule has 134 valence electrons. The van der Waals surface area contributed by atoms with Gasteiger partial charge in [-0.2, -0.15) is 0 Å². The van der Waals surface area contributed by atoms with Gasteiger partial charge in [-0.15, -0.1) is 0 Å². The van der Waals surface area contributed by atoms with Crippen LogP contribution in [0, 0.1) is 6.92 Å². The van der Waals surface area contributed by atoms with E-state index in [0.717, 1.165) is 10.1 Å². The van der Waals surface area contributed by atoms with Crippen molar-refractivity contribution in [3.63, 3.8) is 0 Å². The summed E-state index contributed by atoms with van der Waals surface area (Å²) in [4.78, 5) is 39.8. The number of benzene rings is 1. The van der Waals surface area contributed by atoms with Gasteiger partial charge in [0.25, 0.3) is 5.56 Å². The molecule has 0 unspecified atom stereocenters. The van der Waals surface area contributed by atoms with Crippen LogP contribution in [0.15, 0.2) is 33.9 Å². The first-order valence-corrected chi connectivity index (χ1v) is 8.03. The van der Waals surface area contributed by atoms with Gasteiger partial charge in [-0.1, -0.05) is 37.6 Å². The molecule has 1 heterocycles. The molecule has 0 aliphatic rings. The van der Waals surface area contributed by atoms with Gasteiger partial charge in [-0.05, 0) is 18.9 Å². The lowest BCUT2D eigenvalue weighted by Gasteiger charge is -2.17. The Balaban J connectivity index is 2.68. The Morgan fingerprint density at radius 2 is 2.04 bits per heavy atom. The number of aryl methyl sites for hydroxylation is 1. The maximum atomic E-state index is 13.1. The summed E-state index contributed by atoms with van der Waals surface area (Å²) in [5, 5.41) is 8.85. The Morgan fingerprint density at radius 1 is 1.32 bits per heavy atom. The van der Waals surface area contributed by atoms with Crippen molar-refractivity contribution in [1.82, 2.24) is 9.55 Å². The first-order chi connectivity index (χ1) is 11.9. The molecule has 0 amide bonds. The Hall–Kier alpha value is -2.51. The van der Waals surface area contributed by atoms with E-state index < -0.39 is 17.0 Å². The van der Waals surface area contributed by atoms with Gasteiger partial charge in [0.15, 0.2) is 0 Å². The number of aromatic amines is 1. The number of carbonyl (C=O) groups excluding carboxylic acids is 1. The Labute approximate surface area is 144 Å². The molecular formula is C18H22N2O5. The van der Waals surface area contributed by atoms with E-state index in [1.54, 1.807) is 32.0 Å². The van der Waals surface area contributed by atoms with Crippen LogP contribution in [0.3, 0.4) is 0 Å². The predicted octanol–water partition coefficient (Wildman–Crippen LogP) is 1.17. The van der Waals surface area contributed by atoms with E-state index >= 15 is 0 Å². The summed E-state index contributed by atoms with van der Waals surface area (Å²) in [5.41, 5.74) is 0.249. The molecule has 2 rings (SSSR count). The van der Waals surface area contributed by atoms with E-state index in [9.17, 15) is 14.4 Å². The van der Waals surface area contributed by atoms with Gasteiger partial charge >= 0.3 is 5.69 Å². The molecule has 0 aliphatic carbocycles.